The second-order valence-electron chi connectivity index (χ2n) is 4.91. The Morgan fingerprint density at radius 1 is 1.20 bits per heavy atom. The Balaban J connectivity index is 1.59. The first-order valence-electron chi connectivity index (χ1n) is 7.08. The summed E-state index contributed by atoms with van der Waals surface area (Å²) < 4.78 is 0.988. The predicted octanol–water partition coefficient (Wildman–Crippen LogP) is 5.27. The van der Waals surface area contributed by atoms with E-state index in [1.165, 1.54) is 11.8 Å². The van der Waals surface area contributed by atoms with Crippen LogP contribution in [0.3, 0.4) is 0 Å². The summed E-state index contributed by atoms with van der Waals surface area (Å²) in [5, 5.41) is 10.9. The molecule has 1 aromatic heterocycles. The lowest BCUT2D eigenvalue weighted by atomic mass is 10.2. The fourth-order valence-corrected chi connectivity index (χ4v) is 3.18. The molecule has 0 aliphatic rings. The number of H-pyrrole nitrogens is 1. The number of amides is 1. The van der Waals surface area contributed by atoms with Gasteiger partial charge in [-0.3, -0.25) is 9.89 Å². The van der Waals surface area contributed by atoms with E-state index < -0.39 is 0 Å². The van der Waals surface area contributed by atoms with Gasteiger partial charge in [-0.15, -0.1) is 5.10 Å². The zero-order valence-electron chi connectivity index (χ0n) is 12.6. The van der Waals surface area contributed by atoms with Crippen LogP contribution in [0.2, 0.25) is 10.0 Å². The van der Waals surface area contributed by atoms with E-state index >= 15 is 0 Å². The SMILES string of the molecule is O=C(CSc1n[nH]c(-c2ccc(Br)cc2)n1)Nc1cccc(Cl)c1Cl. The highest BCUT2D eigenvalue weighted by Crippen LogP contribution is 2.29. The zero-order chi connectivity index (χ0) is 17.8. The summed E-state index contributed by atoms with van der Waals surface area (Å²) >= 11 is 16.6. The Labute approximate surface area is 166 Å². The molecule has 0 saturated heterocycles. The van der Waals surface area contributed by atoms with Gasteiger partial charge in [-0.05, 0) is 24.3 Å². The molecule has 0 aliphatic heterocycles. The summed E-state index contributed by atoms with van der Waals surface area (Å²) in [5.74, 6) is 0.581. The van der Waals surface area contributed by atoms with E-state index in [0.717, 1.165) is 10.0 Å². The van der Waals surface area contributed by atoms with Crippen LogP contribution in [0.25, 0.3) is 11.4 Å². The van der Waals surface area contributed by atoms with Crippen molar-refractivity contribution in [3.8, 4) is 11.4 Å². The highest BCUT2D eigenvalue weighted by molar-refractivity contribution is 9.10. The molecular weight excluding hydrogens is 447 g/mol. The smallest absolute Gasteiger partial charge is 0.234 e. The van der Waals surface area contributed by atoms with Crippen LogP contribution < -0.4 is 5.32 Å². The Bertz CT molecular complexity index is 901. The van der Waals surface area contributed by atoms with Crippen molar-refractivity contribution in [2.45, 2.75) is 5.16 Å². The maximum atomic E-state index is 12.1. The molecule has 0 aliphatic carbocycles. The van der Waals surface area contributed by atoms with Crippen molar-refractivity contribution >= 4 is 62.5 Å². The van der Waals surface area contributed by atoms with E-state index in [2.05, 4.69) is 36.4 Å². The van der Waals surface area contributed by atoms with Crippen molar-refractivity contribution in [2.75, 3.05) is 11.1 Å². The number of aromatic amines is 1. The van der Waals surface area contributed by atoms with Crippen LogP contribution >= 0.6 is 50.9 Å². The summed E-state index contributed by atoms with van der Waals surface area (Å²) in [7, 11) is 0. The molecule has 3 aromatic rings. The third-order valence-corrected chi connectivity index (χ3v) is 5.34. The highest BCUT2D eigenvalue weighted by atomic mass is 79.9. The molecular formula is C16H11BrCl2N4OS. The highest BCUT2D eigenvalue weighted by Gasteiger charge is 2.11. The summed E-state index contributed by atoms with van der Waals surface area (Å²) in [6, 6.07) is 12.8. The van der Waals surface area contributed by atoms with E-state index in [0.29, 0.717) is 26.7 Å². The number of aromatic nitrogens is 3. The Morgan fingerprint density at radius 2 is 1.96 bits per heavy atom. The van der Waals surface area contributed by atoms with Gasteiger partial charge in [0, 0.05) is 10.0 Å². The van der Waals surface area contributed by atoms with Crippen LogP contribution in [0.4, 0.5) is 5.69 Å². The fourth-order valence-electron chi connectivity index (χ4n) is 1.96. The number of benzene rings is 2. The Morgan fingerprint density at radius 3 is 2.72 bits per heavy atom. The summed E-state index contributed by atoms with van der Waals surface area (Å²) in [4.78, 5) is 16.4. The monoisotopic (exact) mass is 456 g/mol. The van der Waals surface area contributed by atoms with Gasteiger partial charge in [-0.2, -0.15) is 0 Å². The standard InChI is InChI=1S/C16H11BrCl2N4OS/c17-10-6-4-9(5-7-10)15-21-16(23-22-15)25-8-13(24)20-12-3-1-2-11(18)14(12)19/h1-7H,8H2,(H,20,24)(H,21,22,23). The van der Waals surface area contributed by atoms with Gasteiger partial charge in [0.25, 0.3) is 0 Å². The van der Waals surface area contributed by atoms with E-state index in [1.54, 1.807) is 18.2 Å². The number of halogens is 3. The molecule has 2 N–H and O–H groups in total. The quantitative estimate of drug-likeness (QED) is 0.512. The molecule has 0 bridgehead atoms. The number of hydrogen-bond acceptors (Lipinski definition) is 4. The van der Waals surface area contributed by atoms with Crippen molar-refractivity contribution in [3.63, 3.8) is 0 Å². The van der Waals surface area contributed by atoms with Gasteiger partial charge >= 0.3 is 0 Å². The number of carbonyl (C=O) groups is 1. The number of carbonyl (C=O) groups excluding carboxylic acids is 1. The topological polar surface area (TPSA) is 70.7 Å². The number of nitrogens with zero attached hydrogens (tertiary/aromatic N) is 2. The van der Waals surface area contributed by atoms with Crippen LogP contribution in [0.1, 0.15) is 0 Å². The molecule has 3 rings (SSSR count). The summed E-state index contributed by atoms with van der Waals surface area (Å²) in [6.07, 6.45) is 0. The van der Waals surface area contributed by atoms with Gasteiger partial charge in [0.2, 0.25) is 11.1 Å². The average molecular weight is 458 g/mol. The minimum atomic E-state index is -0.218. The second kappa shape index (κ2) is 8.23. The molecule has 0 fully saturated rings. The van der Waals surface area contributed by atoms with Gasteiger partial charge < -0.3 is 5.32 Å². The molecule has 0 saturated carbocycles. The first kappa shape index (κ1) is 18.3. The van der Waals surface area contributed by atoms with Crippen LogP contribution in [-0.2, 0) is 4.79 Å². The molecule has 0 unspecified atom stereocenters. The van der Waals surface area contributed by atoms with Crippen LogP contribution in [0, 0.1) is 0 Å². The minimum Gasteiger partial charge on any atom is -0.324 e. The van der Waals surface area contributed by atoms with Crippen molar-refractivity contribution in [1.82, 2.24) is 15.2 Å². The number of nitrogens with one attached hydrogen (secondary N) is 2. The normalized spacial score (nSPS) is 10.7. The van der Waals surface area contributed by atoms with Gasteiger partial charge in [0.05, 0.1) is 21.5 Å². The van der Waals surface area contributed by atoms with E-state index in [4.69, 9.17) is 23.2 Å². The van der Waals surface area contributed by atoms with Gasteiger partial charge in [0.15, 0.2) is 5.82 Å². The number of anilines is 1. The maximum absolute atomic E-state index is 12.1. The van der Waals surface area contributed by atoms with E-state index in [-0.39, 0.29) is 11.7 Å². The lowest BCUT2D eigenvalue weighted by Gasteiger charge is -2.07. The molecule has 9 heteroatoms. The van der Waals surface area contributed by atoms with Crippen LogP contribution in [-0.4, -0.2) is 26.8 Å². The second-order valence-corrected chi connectivity index (χ2v) is 7.56. The number of hydrogen-bond donors (Lipinski definition) is 2. The molecule has 0 radical (unpaired) electrons. The molecule has 1 amide bonds. The first-order valence-corrected chi connectivity index (χ1v) is 9.61. The van der Waals surface area contributed by atoms with Gasteiger partial charge in [-0.1, -0.05) is 69.1 Å². The molecule has 2 aromatic carbocycles. The first-order chi connectivity index (χ1) is 12.0. The van der Waals surface area contributed by atoms with Gasteiger partial charge in [0.1, 0.15) is 0 Å². The lowest BCUT2D eigenvalue weighted by molar-refractivity contribution is -0.113. The number of thioether (sulfide) groups is 1. The average Bonchev–Trinajstić information content (AvgIpc) is 3.07. The van der Waals surface area contributed by atoms with E-state index in [1.807, 2.05) is 24.3 Å². The van der Waals surface area contributed by atoms with Crippen molar-refractivity contribution in [1.29, 1.82) is 0 Å². The molecule has 0 atom stereocenters. The zero-order valence-corrected chi connectivity index (χ0v) is 16.5. The fraction of sp³-hybridized carbons (Fsp3) is 0.0625. The molecule has 0 spiro atoms. The minimum absolute atomic E-state index is 0.153. The Kier molecular flexibility index (Phi) is 6.01. The third-order valence-electron chi connectivity index (χ3n) is 3.14. The van der Waals surface area contributed by atoms with Crippen LogP contribution in [0.15, 0.2) is 52.1 Å². The van der Waals surface area contributed by atoms with Crippen LogP contribution in [0.5, 0.6) is 0 Å². The van der Waals surface area contributed by atoms with Crippen molar-refractivity contribution in [3.05, 3.63) is 57.0 Å². The summed E-state index contributed by atoms with van der Waals surface area (Å²) in [5.41, 5.74) is 1.39. The summed E-state index contributed by atoms with van der Waals surface area (Å²) in [6.45, 7) is 0. The molecule has 25 heavy (non-hydrogen) atoms. The molecule has 128 valence electrons. The predicted molar refractivity (Wildman–Crippen MR) is 105 cm³/mol. The van der Waals surface area contributed by atoms with Gasteiger partial charge in [-0.25, -0.2) is 4.98 Å². The maximum Gasteiger partial charge on any atom is 0.234 e. The van der Waals surface area contributed by atoms with Crippen molar-refractivity contribution in [2.24, 2.45) is 0 Å². The lowest BCUT2D eigenvalue weighted by Crippen LogP contribution is -2.14. The Hall–Kier alpha value is -1.54. The number of rotatable bonds is 5. The molecule has 5 nitrogen and oxygen atoms in total. The van der Waals surface area contributed by atoms with Crippen molar-refractivity contribution < 1.29 is 4.79 Å². The molecule has 1 heterocycles. The van der Waals surface area contributed by atoms with E-state index in [9.17, 15) is 4.79 Å². The third kappa shape index (κ3) is 4.76. The largest absolute Gasteiger partial charge is 0.324 e.